The van der Waals surface area contributed by atoms with Gasteiger partial charge in [0.15, 0.2) is 5.82 Å². The molecule has 7 heteroatoms. The van der Waals surface area contributed by atoms with Gasteiger partial charge in [0.05, 0.1) is 5.41 Å². The van der Waals surface area contributed by atoms with Crippen molar-refractivity contribution in [1.29, 1.82) is 0 Å². The van der Waals surface area contributed by atoms with Crippen LogP contribution in [0.25, 0.3) is 11.7 Å². The topological polar surface area (TPSA) is 64.7 Å². The van der Waals surface area contributed by atoms with E-state index in [1.165, 1.54) is 6.07 Å². The molecule has 0 aliphatic carbocycles. The van der Waals surface area contributed by atoms with Crippen LogP contribution in [0.5, 0.6) is 0 Å². The summed E-state index contributed by atoms with van der Waals surface area (Å²) < 4.78 is 5.27. The van der Waals surface area contributed by atoms with E-state index in [1.807, 2.05) is 44.2 Å². The monoisotopic (exact) mass is 334 g/mol. The fourth-order valence-electron chi connectivity index (χ4n) is 2.04. The fourth-order valence-corrected chi connectivity index (χ4v) is 2.46. The highest BCUT2D eigenvalue weighted by Crippen LogP contribution is 2.30. The van der Waals surface area contributed by atoms with Crippen molar-refractivity contribution in [1.82, 2.24) is 20.1 Å². The Bertz CT molecular complexity index is 782. The van der Waals surface area contributed by atoms with Gasteiger partial charge in [0.25, 0.3) is 5.89 Å². The molecule has 0 saturated heterocycles. The summed E-state index contributed by atoms with van der Waals surface area (Å²) >= 11 is 11.7. The minimum Gasteiger partial charge on any atom is -0.330 e. The van der Waals surface area contributed by atoms with Crippen molar-refractivity contribution >= 4 is 23.2 Å². The first-order valence-electron chi connectivity index (χ1n) is 6.57. The van der Waals surface area contributed by atoms with Gasteiger partial charge in [0.1, 0.15) is 10.3 Å². The summed E-state index contributed by atoms with van der Waals surface area (Å²) in [7, 11) is 0. The molecule has 3 rings (SSSR count). The first-order valence-corrected chi connectivity index (χ1v) is 7.32. The molecule has 22 heavy (non-hydrogen) atoms. The van der Waals surface area contributed by atoms with Crippen molar-refractivity contribution < 1.29 is 4.52 Å². The lowest BCUT2D eigenvalue weighted by molar-refractivity contribution is 0.406. The van der Waals surface area contributed by atoms with Crippen LogP contribution in [-0.2, 0) is 5.41 Å². The Kier molecular flexibility index (Phi) is 3.85. The molecular formula is C15H12Cl2N4O. The number of benzene rings is 1. The Labute approximate surface area is 137 Å². The van der Waals surface area contributed by atoms with Gasteiger partial charge >= 0.3 is 0 Å². The van der Waals surface area contributed by atoms with E-state index in [4.69, 9.17) is 27.7 Å². The summed E-state index contributed by atoms with van der Waals surface area (Å²) in [5, 5.41) is 4.49. The van der Waals surface area contributed by atoms with E-state index < -0.39 is 5.41 Å². The zero-order chi connectivity index (χ0) is 15.7. The van der Waals surface area contributed by atoms with Gasteiger partial charge < -0.3 is 4.52 Å². The SMILES string of the molecule is CC(C)(c1ccccc1)c1noc(-c2nc(Cl)cc(Cl)n2)n1. The van der Waals surface area contributed by atoms with Gasteiger partial charge in [0, 0.05) is 6.07 Å². The summed E-state index contributed by atoms with van der Waals surface area (Å²) in [6, 6.07) is 11.4. The molecule has 2 heterocycles. The quantitative estimate of drug-likeness (QED) is 0.673. The molecule has 0 bridgehead atoms. The van der Waals surface area contributed by atoms with Crippen LogP contribution < -0.4 is 0 Å². The molecule has 0 unspecified atom stereocenters. The molecule has 3 aromatic rings. The van der Waals surface area contributed by atoms with Crippen LogP contribution in [0.4, 0.5) is 0 Å². The largest absolute Gasteiger partial charge is 0.330 e. The summed E-state index contributed by atoms with van der Waals surface area (Å²) in [5.74, 6) is 0.928. The van der Waals surface area contributed by atoms with E-state index in [9.17, 15) is 0 Å². The smallest absolute Gasteiger partial charge is 0.295 e. The van der Waals surface area contributed by atoms with Gasteiger partial charge in [-0.3, -0.25) is 0 Å². The number of aromatic nitrogens is 4. The third-order valence-electron chi connectivity index (χ3n) is 3.34. The zero-order valence-corrected chi connectivity index (χ0v) is 13.4. The Morgan fingerprint density at radius 3 is 2.23 bits per heavy atom. The third-order valence-corrected chi connectivity index (χ3v) is 3.72. The first kappa shape index (κ1) is 14.9. The Hall–Kier alpha value is -1.98. The molecule has 0 atom stereocenters. The highest BCUT2D eigenvalue weighted by Gasteiger charge is 2.29. The predicted octanol–water partition coefficient (Wildman–Crippen LogP) is 4.16. The zero-order valence-electron chi connectivity index (χ0n) is 11.9. The number of halogens is 2. The number of hydrogen-bond donors (Lipinski definition) is 0. The maximum Gasteiger partial charge on any atom is 0.295 e. The average molecular weight is 335 g/mol. The molecule has 0 aliphatic rings. The molecule has 0 N–H and O–H groups in total. The van der Waals surface area contributed by atoms with Gasteiger partial charge in [0.2, 0.25) is 5.82 Å². The summed E-state index contributed by atoms with van der Waals surface area (Å²) in [6.45, 7) is 4.03. The molecule has 2 aromatic heterocycles. The van der Waals surface area contributed by atoms with E-state index in [0.29, 0.717) is 5.82 Å². The van der Waals surface area contributed by atoms with Crippen LogP contribution in [-0.4, -0.2) is 20.1 Å². The van der Waals surface area contributed by atoms with Crippen molar-refractivity contribution in [2.45, 2.75) is 19.3 Å². The lowest BCUT2D eigenvalue weighted by Crippen LogP contribution is -2.20. The maximum atomic E-state index is 5.87. The third kappa shape index (κ3) is 2.82. The van der Waals surface area contributed by atoms with Crippen LogP contribution in [0, 0.1) is 0 Å². The van der Waals surface area contributed by atoms with Gasteiger partial charge in [-0.05, 0) is 19.4 Å². The average Bonchev–Trinajstić information content (AvgIpc) is 2.98. The predicted molar refractivity (Wildman–Crippen MR) is 83.9 cm³/mol. The maximum absolute atomic E-state index is 5.87. The molecule has 1 aromatic carbocycles. The van der Waals surface area contributed by atoms with Crippen LogP contribution in [0.2, 0.25) is 10.3 Å². The molecular weight excluding hydrogens is 323 g/mol. The Morgan fingerprint density at radius 2 is 1.59 bits per heavy atom. The highest BCUT2D eigenvalue weighted by molar-refractivity contribution is 6.33. The second kappa shape index (κ2) is 5.66. The van der Waals surface area contributed by atoms with Crippen molar-refractivity contribution in [3.05, 3.63) is 58.1 Å². The van der Waals surface area contributed by atoms with Crippen molar-refractivity contribution in [2.75, 3.05) is 0 Å². The first-order chi connectivity index (χ1) is 10.5. The van der Waals surface area contributed by atoms with Gasteiger partial charge in [-0.1, -0.05) is 58.7 Å². The lowest BCUT2D eigenvalue weighted by Gasteiger charge is -2.20. The van der Waals surface area contributed by atoms with Crippen molar-refractivity contribution in [3.8, 4) is 11.7 Å². The normalized spacial score (nSPS) is 11.6. The minimum atomic E-state index is -0.411. The van der Waals surface area contributed by atoms with E-state index >= 15 is 0 Å². The molecule has 0 saturated carbocycles. The number of hydrogen-bond acceptors (Lipinski definition) is 5. The van der Waals surface area contributed by atoms with Crippen LogP contribution in [0.1, 0.15) is 25.2 Å². The highest BCUT2D eigenvalue weighted by atomic mass is 35.5. The molecule has 0 aliphatic heterocycles. The standard InChI is InChI=1S/C15H12Cl2N4O/c1-15(2,9-6-4-3-5-7-9)14-20-13(22-21-14)12-18-10(16)8-11(17)19-12/h3-8H,1-2H3. The molecule has 0 spiro atoms. The van der Waals surface area contributed by atoms with E-state index in [2.05, 4.69) is 20.1 Å². The van der Waals surface area contributed by atoms with E-state index in [-0.39, 0.29) is 22.0 Å². The van der Waals surface area contributed by atoms with Gasteiger partial charge in [-0.25, -0.2) is 9.97 Å². The molecule has 0 fully saturated rings. The van der Waals surface area contributed by atoms with Gasteiger partial charge in [-0.15, -0.1) is 0 Å². The van der Waals surface area contributed by atoms with Crippen molar-refractivity contribution in [3.63, 3.8) is 0 Å². The second-order valence-corrected chi connectivity index (χ2v) is 6.03. The Balaban J connectivity index is 2.00. The number of nitrogens with zero attached hydrogens (tertiary/aromatic N) is 4. The van der Waals surface area contributed by atoms with Crippen LogP contribution in [0.15, 0.2) is 40.9 Å². The van der Waals surface area contributed by atoms with E-state index in [0.717, 1.165) is 5.56 Å². The van der Waals surface area contributed by atoms with Crippen LogP contribution in [0.3, 0.4) is 0 Å². The van der Waals surface area contributed by atoms with Crippen LogP contribution >= 0.6 is 23.2 Å². The molecule has 0 amide bonds. The lowest BCUT2D eigenvalue weighted by atomic mass is 9.84. The summed E-state index contributed by atoms with van der Waals surface area (Å²) in [5.41, 5.74) is 0.665. The summed E-state index contributed by atoms with van der Waals surface area (Å²) in [4.78, 5) is 12.5. The van der Waals surface area contributed by atoms with Crippen molar-refractivity contribution in [2.24, 2.45) is 0 Å². The molecule has 0 radical (unpaired) electrons. The summed E-state index contributed by atoms with van der Waals surface area (Å²) in [6.07, 6.45) is 0. The van der Waals surface area contributed by atoms with E-state index in [1.54, 1.807) is 0 Å². The molecule has 5 nitrogen and oxygen atoms in total. The van der Waals surface area contributed by atoms with Gasteiger partial charge in [-0.2, -0.15) is 4.98 Å². The Morgan fingerprint density at radius 1 is 0.955 bits per heavy atom. The number of rotatable bonds is 3. The fraction of sp³-hybridized carbons (Fsp3) is 0.200. The second-order valence-electron chi connectivity index (χ2n) is 5.25. The minimum absolute atomic E-state index is 0.184. The molecule has 112 valence electrons.